The zero-order valence-corrected chi connectivity index (χ0v) is 22.9. The van der Waals surface area contributed by atoms with Gasteiger partial charge < -0.3 is 0 Å². The van der Waals surface area contributed by atoms with Crippen molar-refractivity contribution in [2.75, 3.05) is 0 Å². The molecule has 2 aliphatic carbocycles. The molecule has 0 heteroatoms. The van der Waals surface area contributed by atoms with Crippen LogP contribution in [0.25, 0.3) is 33.4 Å². The Morgan fingerprint density at radius 3 is 1.70 bits per heavy atom. The molecule has 0 saturated carbocycles. The van der Waals surface area contributed by atoms with E-state index in [4.69, 9.17) is 0 Å². The van der Waals surface area contributed by atoms with E-state index in [1.807, 2.05) is 0 Å². The van der Waals surface area contributed by atoms with Crippen LogP contribution in [-0.2, 0) is 11.8 Å². The summed E-state index contributed by atoms with van der Waals surface area (Å²) in [5, 5.41) is 0. The van der Waals surface area contributed by atoms with Gasteiger partial charge in [-0.15, -0.1) is 0 Å². The topological polar surface area (TPSA) is 0 Å². The van der Waals surface area contributed by atoms with E-state index in [0.29, 0.717) is 0 Å². The number of aryl methyl sites for hydroxylation is 2. The quantitative estimate of drug-likeness (QED) is 0.222. The molecule has 0 spiro atoms. The van der Waals surface area contributed by atoms with Gasteiger partial charge in [-0.2, -0.15) is 0 Å². The van der Waals surface area contributed by atoms with E-state index in [-0.39, 0.29) is 0 Å². The molecular formula is C40H30. The average molecular weight is 511 g/mol. The second kappa shape index (κ2) is 8.66. The van der Waals surface area contributed by atoms with Gasteiger partial charge in [0.15, 0.2) is 0 Å². The van der Waals surface area contributed by atoms with Crippen molar-refractivity contribution in [3.8, 4) is 33.4 Å². The molecule has 0 saturated heterocycles. The summed E-state index contributed by atoms with van der Waals surface area (Å²) in [6.07, 6.45) is 0.967. The Morgan fingerprint density at radius 2 is 1.00 bits per heavy atom. The second-order valence-electron chi connectivity index (χ2n) is 11.3. The zero-order valence-electron chi connectivity index (χ0n) is 22.9. The van der Waals surface area contributed by atoms with Crippen molar-refractivity contribution < 1.29 is 0 Å². The minimum Gasteiger partial charge on any atom is -0.0622 e. The van der Waals surface area contributed by atoms with Crippen LogP contribution < -0.4 is 0 Å². The zero-order chi connectivity index (χ0) is 26.8. The largest absolute Gasteiger partial charge is 0.0713 e. The highest BCUT2D eigenvalue weighted by molar-refractivity contribution is 6.01. The minimum atomic E-state index is -0.401. The van der Waals surface area contributed by atoms with Crippen LogP contribution in [0.15, 0.2) is 133 Å². The first-order valence-corrected chi connectivity index (χ1v) is 14.3. The van der Waals surface area contributed by atoms with Crippen LogP contribution in [0.1, 0.15) is 44.5 Å². The van der Waals surface area contributed by atoms with Gasteiger partial charge in [0, 0.05) is 0 Å². The van der Waals surface area contributed by atoms with E-state index in [1.54, 1.807) is 0 Å². The fraction of sp³-hybridized carbons (Fsp3) is 0.100. The summed E-state index contributed by atoms with van der Waals surface area (Å²) in [6.45, 7) is 4.53. The van der Waals surface area contributed by atoms with Crippen LogP contribution in [0.4, 0.5) is 0 Å². The molecule has 0 bridgehead atoms. The Hall–Kier alpha value is -4.68. The Balaban J connectivity index is 1.59. The predicted octanol–water partition coefficient (Wildman–Crippen LogP) is 9.90. The average Bonchev–Trinajstić information content (AvgIpc) is 3.53. The molecular weight excluding hydrogens is 480 g/mol. The molecule has 6 aromatic carbocycles. The van der Waals surface area contributed by atoms with Crippen LogP contribution in [0, 0.1) is 13.8 Å². The summed E-state index contributed by atoms with van der Waals surface area (Å²) in [5.74, 6) is 0. The Kier molecular flexibility index (Phi) is 5.03. The van der Waals surface area contributed by atoms with Crippen LogP contribution in [-0.4, -0.2) is 0 Å². The van der Waals surface area contributed by atoms with Crippen LogP contribution >= 0.6 is 0 Å². The number of hydrogen-bond donors (Lipinski definition) is 0. The van der Waals surface area contributed by atoms with E-state index >= 15 is 0 Å². The molecule has 0 N–H and O–H groups in total. The summed E-state index contributed by atoms with van der Waals surface area (Å²) in [6, 6.07) is 49.8. The molecule has 0 nitrogen and oxygen atoms in total. The van der Waals surface area contributed by atoms with Gasteiger partial charge in [0.25, 0.3) is 0 Å². The van der Waals surface area contributed by atoms with Crippen molar-refractivity contribution >= 4 is 0 Å². The van der Waals surface area contributed by atoms with Crippen molar-refractivity contribution in [3.05, 3.63) is 178 Å². The molecule has 0 unspecified atom stereocenters. The molecule has 8 rings (SSSR count). The van der Waals surface area contributed by atoms with Crippen LogP contribution in [0.2, 0.25) is 0 Å². The van der Waals surface area contributed by atoms with Crippen molar-refractivity contribution in [2.45, 2.75) is 25.7 Å². The second-order valence-corrected chi connectivity index (χ2v) is 11.3. The molecule has 6 aromatic rings. The number of hydrogen-bond acceptors (Lipinski definition) is 0. The van der Waals surface area contributed by atoms with E-state index < -0.39 is 5.41 Å². The summed E-state index contributed by atoms with van der Waals surface area (Å²) in [5.41, 5.74) is 18.8. The summed E-state index contributed by atoms with van der Waals surface area (Å²) in [7, 11) is 0. The van der Waals surface area contributed by atoms with Gasteiger partial charge in [-0.25, -0.2) is 0 Å². The van der Waals surface area contributed by atoms with E-state index in [1.165, 1.54) is 77.9 Å². The van der Waals surface area contributed by atoms with Crippen molar-refractivity contribution in [1.29, 1.82) is 0 Å². The molecule has 0 atom stereocenters. The lowest BCUT2D eigenvalue weighted by atomic mass is 9.67. The fourth-order valence-electron chi connectivity index (χ4n) is 7.60. The van der Waals surface area contributed by atoms with E-state index in [9.17, 15) is 0 Å². The molecule has 2 aliphatic rings. The van der Waals surface area contributed by atoms with Gasteiger partial charge >= 0.3 is 0 Å². The van der Waals surface area contributed by atoms with Crippen LogP contribution in [0.5, 0.6) is 0 Å². The number of rotatable bonds is 3. The van der Waals surface area contributed by atoms with Crippen molar-refractivity contribution in [1.82, 2.24) is 0 Å². The summed E-state index contributed by atoms with van der Waals surface area (Å²) in [4.78, 5) is 0. The third-order valence-electron chi connectivity index (χ3n) is 9.29. The predicted molar refractivity (Wildman–Crippen MR) is 167 cm³/mol. The monoisotopic (exact) mass is 510 g/mol. The maximum atomic E-state index is 2.44. The molecule has 0 heterocycles. The number of fused-ring (bicyclic) bond motifs is 7. The standard InChI is InChI=1S/C40H30/c1-26-13-9-11-19-31(26)37-27(2)21-23-36-39(37)38-34-25-28-14-10-12-20-32(28)33(34)22-24-35(38)40(36,29-15-5-3-6-16-29)30-17-7-4-8-18-30/h3-24H,25H2,1-2H3. The molecule has 190 valence electrons. The van der Waals surface area contributed by atoms with Gasteiger partial charge in [-0.05, 0) is 98.2 Å². The Labute approximate surface area is 236 Å². The lowest BCUT2D eigenvalue weighted by Gasteiger charge is -2.34. The summed E-state index contributed by atoms with van der Waals surface area (Å²) >= 11 is 0. The van der Waals surface area contributed by atoms with Crippen LogP contribution in [0.3, 0.4) is 0 Å². The van der Waals surface area contributed by atoms with Gasteiger partial charge in [-0.3, -0.25) is 0 Å². The molecule has 0 amide bonds. The van der Waals surface area contributed by atoms with E-state index in [0.717, 1.165) is 6.42 Å². The molecule has 0 aromatic heterocycles. The molecule has 0 fully saturated rings. The van der Waals surface area contributed by atoms with E-state index in [2.05, 4.69) is 147 Å². The highest BCUT2D eigenvalue weighted by Gasteiger charge is 2.48. The maximum absolute atomic E-state index is 2.44. The highest BCUT2D eigenvalue weighted by atomic mass is 14.5. The third-order valence-corrected chi connectivity index (χ3v) is 9.29. The van der Waals surface area contributed by atoms with Crippen molar-refractivity contribution in [3.63, 3.8) is 0 Å². The first-order chi connectivity index (χ1) is 19.7. The first-order valence-electron chi connectivity index (χ1n) is 14.3. The Bertz CT molecular complexity index is 1890. The molecule has 40 heavy (non-hydrogen) atoms. The highest BCUT2D eigenvalue weighted by Crippen LogP contribution is 2.61. The Morgan fingerprint density at radius 1 is 0.425 bits per heavy atom. The first kappa shape index (κ1) is 23.2. The number of benzene rings is 6. The van der Waals surface area contributed by atoms with Gasteiger partial charge in [0.1, 0.15) is 0 Å². The maximum Gasteiger partial charge on any atom is 0.0713 e. The normalized spacial score (nSPS) is 13.8. The third kappa shape index (κ3) is 3.02. The molecule has 0 aliphatic heterocycles. The smallest absolute Gasteiger partial charge is 0.0622 e. The lowest BCUT2D eigenvalue weighted by Crippen LogP contribution is -2.28. The summed E-state index contributed by atoms with van der Waals surface area (Å²) < 4.78 is 0. The minimum absolute atomic E-state index is 0.401. The SMILES string of the molecule is Cc1ccccc1-c1c(C)ccc2c1-c1c(ccc3c1Cc1ccccc1-3)C2(c1ccccc1)c1ccccc1. The lowest BCUT2D eigenvalue weighted by molar-refractivity contribution is 0.768. The molecule has 0 radical (unpaired) electrons. The van der Waals surface area contributed by atoms with Gasteiger partial charge in [-0.1, -0.05) is 133 Å². The van der Waals surface area contributed by atoms with Crippen molar-refractivity contribution in [2.24, 2.45) is 0 Å². The van der Waals surface area contributed by atoms with Gasteiger partial charge in [0.05, 0.1) is 5.41 Å². The van der Waals surface area contributed by atoms with Gasteiger partial charge in [0.2, 0.25) is 0 Å². The fourth-order valence-corrected chi connectivity index (χ4v) is 7.60.